The van der Waals surface area contributed by atoms with Gasteiger partial charge in [0.1, 0.15) is 10.7 Å². The summed E-state index contributed by atoms with van der Waals surface area (Å²) in [6, 6.07) is 3.96. The molecule has 0 atom stereocenters. The molecule has 0 fully saturated rings. The molecule has 130 valence electrons. The molecule has 0 aliphatic carbocycles. The number of aromatic nitrogens is 1. The lowest BCUT2D eigenvalue weighted by atomic mass is 10.1. The Balaban J connectivity index is 1.87. The van der Waals surface area contributed by atoms with Crippen LogP contribution in [0, 0.1) is 27.7 Å². The van der Waals surface area contributed by atoms with Crippen molar-refractivity contribution in [2.24, 2.45) is 5.73 Å². The molecule has 0 aliphatic rings. The third kappa shape index (κ3) is 3.15. The molecule has 6 nitrogen and oxygen atoms in total. The van der Waals surface area contributed by atoms with Crippen molar-refractivity contribution < 1.29 is 14.1 Å². The smallest absolute Gasteiger partial charge is 0.251 e. The van der Waals surface area contributed by atoms with Gasteiger partial charge >= 0.3 is 0 Å². The molecule has 0 saturated heterocycles. The maximum Gasteiger partial charge on any atom is 0.251 e. The summed E-state index contributed by atoms with van der Waals surface area (Å²) in [5.74, 6) is -0.812. The van der Waals surface area contributed by atoms with Crippen LogP contribution in [0.15, 0.2) is 16.7 Å². The molecule has 0 saturated carbocycles. The summed E-state index contributed by atoms with van der Waals surface area (Å²) in [6.45, 7) is 7.64. The van der Waals surface area contributed by atoms with Crippen molar-refractivity contribution in [3.8, 4) is 0 Å². The maximum absolute atomic E-state index is 12.5. The summed E-state index contributed by atoms with van der Waals surface area (Å²) in [4.78, 5) is 25.1. The van der Waals surface area contributed by atoms with Gasteiger partial charge in [0, 0.05) is 10.3 Å². The number of fused-ring (bicyclic) bond motifs is 1. The van der Waals surface area contributed by atoms with E-state index in [0.717, 1.165) is 27.0 Å². The molecule has 0 bridgehead atoms. The SMILES string of the molecule is Cc1cc(C)c2onc(CC(=O)Nc3sc(C)c(C)c3C(N)=O)c2c1. The molecule has 2 heterocycles. The Morgan fingerprint density at radius 3 is 2.64 bits per heavy atom. The minimum Gasteiger partial charge on any atom is -0.365 e. The number of anilines is 1. The minimum absolute atomic E-state index is 0.0596. The average Bonchev–Trinajstić information content (AvgIpc) is 3.01. The number of aryl methyl sites for hydroxylation is 3. The first-order chi connectivity index (χ1) is 11.8. The summed E-state index contributed by atoms with van der Waals surface area (Å²) in [5, 5.41) is 8.13. The number of nitrogens with two attached hydrogens (primary N) is 1. The van der Waals surface area contributed by atoms with Crippen molar-refractivity contribution in [3.05, 3.63) is 45.0 Å². The molecule has 7 heteroatoms. The topological polar surface area (TPSA) is 98.2 Å². The van der Waals surface area contributed by atoms with Gasteiger partial charge in [-0.1, -0.05) is 11.2 Å². The first kappa shape index (κ1) is 17.2. The lowest BCUT2D eigenvalue weighted by Gasteiger charge is -2.04. The predicted octanol–water partition coefficient (Wildman–Crippen LogP) is 3.40. The van der Waals surface area contributed by atoms with Crippen LogP contribution in [-0.2, 0) is 11.2 Å². The molecule has 1 aromatic carbocycles. The highest BCUT2D eigenvalue weighted by Crippen LogP contribution is 2.32. The zero-order chi connectivity index (χ0) is 18.3. The quantitative estimate of drug-likeness (QED) is 0.747. The Bertz CT molecular complexity index is 1000. The van der Waals surface area contributed by atoms with Crippen molar-refractivity contribution in [2.45, 2.75) is 34.1 Å². The fourth-order valence-corrected chi connectivity index (χ4v) is 3.98. The number of hydrogen-bond acceptors (Lipinski definition) is 5. The van der Waals surface area contributed by atoms with Gasteiger partial charge in [-0.05, 0) is 50.5 Å². The fraction of sp³-hybridized carbons (Fsp3) is 0.278. The van der Waals surface area contributed by atoms with Crippen molar-refractivity contribution in [1.82, 2.24) is 5.16 Å². The van der Waals surface area contributed by atoms with E-state index in [1.54, 1.807) is 0 Å². The molecule has 0 aliphatic heterocycles. The van der Waals surface area contributed by atoms with E-state index in [-0.39, 0.29) is 12.3 Å². The van der Waals surface area contributed by atoms with Crippen molar-refractivity contribution in [3.63, 3.8) is 0 Å². The number of nitrogens with one attached hydrogen (secondary N) is 1. The number of amides is 2. The lowest BCUT2D eigenvalue weighted by molar-refractivity contribution is -0.115. The Kier molecular flexibility index (Phi) is 4.34. The van der Waals surface area contributed by atoms with Gasteiger partial charge in [0.25, 0.3) is 5.91 Å². The number of carbonyl (C=O) groups excluding carboxylic acids is 2. The molecule has 0 unspecified atom stereocenters. The Morgan fingerprint density at radius 1 is 1.24 bits per heavy atom. The number of rotatable bonds is 4. The van der Waals surface area contributed by atoms with Gasteiger partial charge in [-0.2, -0.15) is 0 Å². The van der Waals surface area contributed by atoms with Gasteiger partial charge in [-0.25, -0.2) is 0 Å². The van der Waals surface area contributed by atoms with Crippen molar-refractivity contribution >= 4 is 39.1 Å². The molecule has 25 heavy (non-hydrogen) atoms. The van der Waals surface area contributed by atoms with Gasteiger partial charge in [0.05, 0.1) is 12.0 Å². The van der Waals surface area contributed by atoms with E-state index in [4.69, 9.17) is 10.3 Å². The van der Waals surface area contributed by atoms with Crippen LogP contribution >= 0.6 is 11.3 Å². The number of benzene rings is 1. The van der Waals surface area contributed by atoms with Crippen LogP contribution in [0.3, 0.4) is 0 Å². The van der Waals surface area contributed by atoms with E-state index < -0.39 is 5.91 Å². The number of primary amides is 1. The van der Waals surface area contributed by atoms with Crippen LogP contribution in [0.2, 0.25) is 0 Å². The Labute approximate surface area is 149 Å². The molecule has 2 aromatic heterocycles. The van der Waals surface area contributed by atoms with Gasteiger partial charge in [-0.3, -0.25) is 9.59 Å². The summed E-state index contributed by atoms with van der Waals surface area (Å²) >= 11 is 1.34. The van der Waals surface area contributed by atoms with Crippen LogP contribution in [0.4, 0.5) is 5.00 Å². The second kappa shape index (κ2) is 6.33. The lowest BCUT2D eigenvalue weighted by Crippen LogP contribution is -2.18. The van der Waals surface area contributed by atoms with Gasteiger partial charge in [0.2, 0.25) is 5.91 Å². The molecule has 0 spiro atoms. The van der Waals surface area contributed by atoms with E-state index in [1.165, 1.54) is 11.3 Å². The van der Waals surface area contributed by atoms with Crippen LogP contribution in [0.5, 0.6) is 0 Å². The van der Waals surface area contributed by atoms with E-state index in [9.17, 15) is 9.59 Å². The van der Waals surface area contributed by atoms with Gasteiger partial charge in [0.15, 0.2) is 5.58 Å². The number of carbonyl (C=O) groups is 2. The summed E-state index contributed by atoms with van der Waals surface area (Å²) in [6.07, 6.45) is 0.0596. The second-order valence-corrected chi connectivity index (χ2v) is 7.39. The van der Waals surface area contributed by atoms with Crippen LogP contribution in [-0.4, -0.2) is 17.0 Å². The first-order valence-corrected chi connectivity index (χ1v) is 8.64. The molecule has 2 amide bonds. The second-order valence-electron chi connectivity index (χ2n) is 6.16. The molecule has 0 radical (unpaired) electrons. The van der Waals surface area contributed by atoms with E-state index in [2.05, 4.69) is 10.5 Å². The normalized spacial score (nSPS) is 11.0. The molecular formula is C18H19N3O3S. The molecule has 3 N–H and O–H groups in total. The third-order valence-corrected chi connectivity index (χ3v) is 5.31. The van der Waals surface area contributed by atoms with E-state index in [1.807, 2.05) is 39.8 Å². The maximum atomic E-state index is 12.5. The van der Waals surface area contributed by atoms with Crippen molar-refractivity contribution in [2.75, 3.05) is 5.32 Å². The monoisotopic (exact) mass is 357 g/mol. The molecule has 3 rings (SSSR count). The summed E-state index contributed by atoms with van der Waals surface area (Å²) in [7, 11) is 0. The highest BCUT2D eigenvalue weighted by atomic mass is 32.1. The Hall–Kier alpha value is -2.67. The minimum atomic E-state index is -0.546. The number of hydrogen-bond donors (Lipinski definition) is 2. The largest absolute Gasteiger partial charge is 0.365 e. The standard InChI is InChI=1S/C18H19N3O3S/c1-8-5-9(2)16-12(6-8)13(21-24-16)7-14(22)20-18-15(17(19)23)10(3)11(4)25-18/h5-6H,7H2,1-4H3,(H2,19,23)(H,20,22). The molecular weight excluding hydrogens is 338 g/mol. The fourth-order valence-electron chi connectivity index (χ4n) is 2.90. The van der Waals surface area contributed by atoms with Crippen LogP contribution in [0.25, 0.3) is 11.0 Å². The van der Waals surface area contributed by atoms with E-state index in [0.29, 0.717) is 21.8 Å². The van der Waals surface area contributed by atoms with Gasteiger partial charge in [-0.15, -0.1) is 11.3 Å². The van der Waals surface area contributed by atoms with Crippen LogP contribution in [0.1, 0.15) is 37.6 Å². The van der Waals surface area contributed by atoms with E-state index >= 15 is 0 Å². The highest BCUT2D eigenvalue weighted by molar-refractivity contribution is 7.16. The van der Waals surface area contributed by atoms with Crippen molar-refractivity contribution in [1.29, 1.82) is 0 Å². The summed E-state index contributed by atoms with van der Waals surface area (Å²) < 4.78 is 5.37. The van der Waals surface area contributed by atoms with Gasteiger partial charge < -0.3 is 15.6 Å². The third-order valence-electron chi connectivity index (χ3n) is 4.19. The average molecular weight is 357 g/mol. The first-order valence-electron chi connectivity index (χ1n) is 7.83. The predicted molar refractivity (Wildman–Crippen MR) is 98.1 cm³/mol. The Morgan fingerprint density at radius 2 is 1.96 bits per heavy atom. The number of thiophene rings is 1. The molecule has 3 aromatic rings. The zero-order valence-electron chi connectivity index (χ0n) is 14.5. The summed E-state index contributed by atoms with van der Waals surface area (Å²) in [5.41, 5.74) is 9.93. The zero-order valence-corrected chi connectivity index (χ0v) is 15.3. The highest BCUT2D eigenvalue weighted by Gasteiger charge is 2.20. The van der Waals surface area contributed by atoms with Crippen LogP contribution < -0.4 is 11.1 Å². The number of nitrogens with zero attached hydrogens (tertiary/aromatic N) is 1.